The molecule has 11 heteroatoms. The SMILES string of the molecule is CC(C)NC(=O)[C@H](Cc1ccccc1)N(Cc1ccccc1)C(=O)CCCN(c1cccc(C(F)(F)F)c1)S(C)(=O)=O. The number of hydrogen-bond acceptors (Lipinski definition) is 4. The molecule has 3 aromatic carbocycles. The standard InChI is InChI=1S/C31H36F3N3O4S/c1-23(2)35-30(39)28(20-24-12-6-4-7-13-24)36(22-25-14-8-5-9-15-25)29(38)18-11-19-37(42(3,40)41)27-17-10-16-26(21-27)31(32,33)34/h4-10,12-17,21,23,28H,11,18-20,22H2,1-3H3,(H,35,39)/t28-/m0/s1. The van der Waals surface area contributed by atoms with Crippen molar-refractivity contribution in [3.05, 3.63) is 102 Å². The summed E-state index contributed by atoms with van der Waals surface area (Å²) in [5.41, 5.74) is 0.556. The molecular formula is C31H36F3N3O4S. The molecule has 0 saturated carbocycles. The van der Waals surface area contributed by atoms with Crippen molar-refractivity contribution in [2.45, 2.75) is 57.9 Å². The fourth-order valence-corrected chi connectivity index (χ4v) is 5.51. The van der Waals surface area contributed by atoms with Crippen molar-refractivity contribution in [2.75, 3.05) is 17.1 Å². The van der Waals surface area contributed by atoms with Gasteiger partial charge in [0.15, 0.2) is 0 Å². The highest BCUT2D eigenvalue weighted by atomic mass is 32.2. The van der Waals surface area contributed by atoms with Crippen molar-refractivity contribution in [3.8, 4) is 0 Å². The molecule has 1 atom stereocenters. The quantitative estimate of drug-likeness (QED) is 0.283. The highest BCUT2D eigenvalue weighted by molar-refractivity contribution is 7.92. The number of nitrogens with one attached hydrogen (secondary N) is 1. The first-order chi connectivity index (χ1) is 19.8. The fourth-order valence-electron chi connectivity index (χ4n) is 4.56. The number of halogens is 3. The zero-order chi connectivity index (χ0) is 30.9. The molecule has 0 bridgehead atoms. The molecule has 0 fully saturated rings. The third-order valence-corrected chi connectivity index (χ3v) is 7.71. The van der Waals surface area contributed by atoms with Gasteiger partial charge < -0.3 is 10.2 Å². The first-order valence-corrected chi connectivity index (χ1v) is 15.4. The lowest BCUT2D eigenvalue weighted by Gasteiger charge is -2.32. The molecule has 42 heavy (non-hydrogen) atoms. The van der Waals surface area contributed by atoms with Gasteiger partial charge in [0.25, 0.3) is 0 Å². The predicted octanol–water partition coefficient (Wildman–Crippen LogP) is 5.42. The Labute approximate surface area is 245 Å². The van der Waals surface area contributed by atoms with Crippen LogP contribution in [0.5, 0.6) is 0 Å². The Morgan fingerprint density at radius 1 is 0.881 bits per heavy atom. The monoisotopic (exact) mass is 603 g/mol. The third kappa shape index (κ3) is 9.61. The molecule has 0 unspecified atom stereocenters. The van der Waals surface area contributed by atoms with E-state index in [-0.39, 0.29) is 55.9 Å². The van der Waals surface area contributed by atoms with Crippen LogP contribution in [0.2, 0.25) is 0 Å². The summed E-state index contributed by atoms with van der Waals surface area (Å²) in [7, 11) is -3.95. The minimum absolute atomic E-state index is 0.0251. The van der Waals surface area contributed by atoms with Crippen LogP contribution in [0.1, 0.15) is 43.4 Å². The van der Waals surface area contributed by atoms with Crippen LogP contribution in [0.4, 0.5) is 18.9 Å². The summed E-state index contributed by atoms with van der Waals surface area (Å²) in [6.07, 6.45) is -3.58. The van der Waals surface area contributed by atoms with Crippen molar-refractivity contribution in [2.24, 2.45) is 0 Å². The topological polar surface area (TPSA) is 86.8 Å². The lowest BCUT2D eigenvalue weighted by Crippen LogP contribution is -2.51. The van der Waals surface area contributed by atoms with E-state index in [2.05, 4.69) is 5.32 Å². The second-order valence-electron chi connectivity index (χ2n) is 10.4. The van der Waals surface area contributed by atoms with Gasteiger partial charge >= 0.3 is 6.18 Å². The maximum absolute atomic E-state index is 13.8. The number of rotatable bonds is 13. The lowest BCUT2D eigenvalue weighted by molar-refractivity contribution is -0.141. The average Bonchev–Trinajstić information content (AvgIpc) is 2.92. The molecule has 3 aromatic rings. The van der Waals surface area contributed by atoms with E-state index >= 15 is 0 Å². The van der Waals surface area contributed by atoms with Crippen molar-refractivity contribution in [1.82, 2.24) is 10.2 Å². The summed E-state index contributed by atoms with van der Waals surface area (Å²) < 4.78 is 65.8. The van der Waals surface area contributed by atoms with Crippen LogP contribution in [0.15, 0.2) is 84.9 Å². The molecule has 0 spiro atoms. The van der Waals surface area contributed by atoms with E-state index in [1.54, 1.807) is 0 Å². The molecule has 0 radical (unpaired) electrons. The summed E-state index contributed by atoms with van der Waals surface area (Å²) in [4.78, 5) is 28.7. The Hall–Kier alpha value is -3.86. The molecular weight excluding hydrogens is 567 g/mol. The maximum atomic E-state index is 13.8. The number of hydrogen-bond donors (Lipinski definition) is 1. The van der Waals surface area contributed by atoms with Crippen molar-refractivity contribution in [3.63, 3.8) is 0 Å². The van der Waals surface area contributed by atoms with Crippen molar-refractivity contribution >= 4 is 27.5 Å². The number of carbonyl (C=O) groups is 2. The van der Waals surface area contributed by atoms with Gasteiger partial charge in [0.05, 0.1) is 17.5 Å². The molecule has 3 rings (SSSR count). The van der Waals surface area contributed by atoms with Gasteiger partial charge in [0.2, 0.25) is 21.8 Å². The van der Waals surface area contributed by atoms with Crippen LogP contribution in [0, 0.1) is 0 Å². The molecule has 0 saturated heterocycles. The van der Waals surface area contributed by atoms with E-state index in [4.69, 9.17) is 0 Å². The van der Waals surface area contributed by atoms with Crippen LogP contribution >= 0.6 is 0 Å². The number of sulfonamides is 1. The number of nitrogens with zero attached hydrogens (tertiary/aromatic N) is 2. The highest BCUT2D eigenvalue weighted by Crippen LogP contribution is 2.32. The number of alkyl halides is 3. The average molecular weight is 604 g/mol. The van der Waals surface area contributed by atoms with Crippen molar-refractivity contribution < 1.29 is 31.2 Å². The van der Waals surface area contributed by atoms with Gasteiger partial charge in [-0.3, -0.25) is 13.9 Å². The highest BCUT2D eigenvalue weighted by Gasteiger charge is 2.33. The summed E-state index contributed by atoms with van der Waals surface area (Å²) >= 11 is 0. The first-order valence-electron chi connectivity index (χ1n) is 13.6. The zero-order valence-electron chi connectivity index (χ0n) is 23.8. The number of amides is 2. The van der Waals surface area contributed by atoms with E-state index in [1.165, 1.54) is 11.0 Å². The van der Waals surface area contributed by atoms with Crippen LogP contribution in [-0.2, 0) is 38.8 Å². The van der Waals surface area contributed by atoms with E-state index in [0.717, 1.165) is 39.9 Å². The number of carbonyl (C=O) groups excluding carboxylic acids is 2. The Morgan fingerprint density at radius 3 is 2.02 bits per heavy atom. The molecule has 226 valence electrons. The summed E-state index contributed by atoms with van der Waals surface area (Å²) in [5, 5.41) is 2.91. The van der Waals surface area contributed by atoms with Crippen LogP contribution in [-0.4, -0.2) is 50.0 Å². The first kappa shape index (κ1) is 32.7. The van der Waals surface area contributed by atoms with Gasteiger partial charge in [-0.2, -0.15) is 13.2 Å². The minimum Gasteiger partial charge on any atom is -0.352 e. The van der Waals surface area contributed by atoms with Crippen LogP contribution < -0.4 is 9.62 Å². The second kappa shape index (κ2) is 14.4. The van der Waals surface area contributed by atoms with Gasteiger partial charge in [-0.05, 0) is 49.6 Å². The van der Waals surface area contributed by atoms with Gasteiger partial charge in [-0.15, -0.1) is 0 Å². The minimum atomic E-state index is -4.64. The second-order valence-corrected chi connectivity index (χ2v) is 12.3. The smallest absolute Gasteiger partial charge is 0.352 e. The van der Waals surface area contributed by atoms with Gasteiger partial charge in [-0.1, -0.05) is 66.7 Å². The molecule has 0 aliphatic rings. The van der Waals surface area contributed by atoms with Crippen LogP contribution in [0.3, 0.4) is 0 Å². The van der Waals surface area contributed by atoms with Gasteiger partial charge in [0, 0.05) is 32.0 Å². The zero-order valence-corrected chi connectivity index (χ0v) is 24.7. The fraction of sp³-hybridized carbons (Fsp3) is 0.355. The Kier molecular flexibility index (Phi) is 11.2. The molecule has 0 aliphatic carbocycles. The van der Waals surface area contributed by atoms with E-state index < -0.39 is 27.8 Å². The maximum Gasteiger partial charge on any atom is 0.416 e. The van der Waals surface area contributed by atoms with Crippen molar-refractivity contribution in [1.29, 1.82) is 0 Å². The van der Waals surface area contributed by atoms with E-state index in [9.17, 15) is 31.2 Å². The normalized spacial score (nSPS) is 12.5. The molecule has 0 heterocycles. The molecule has 2 amide bonds. The molecule has 0 aromatic heterocycles. The third-order valence-electron chi connectivity index (χ3n) is 6.51. The number of anilines is 1. The molecule has 1 N–H and O–H groups in total. The van der Waals surface area contributed by atoms with Gasteiger partial charge in [0.1, 0.15) is 6.04 Å². The molecule has 7 nitrogen and oxygen atoms in total. The largest absolute Gasteiger partial charge is 0.416 e. The van der Waals surface area contributed by atoms with E-state index in [1.807, 2.05) is 74.5 Å². The Morgan fingerprint density at radius 2 is 1.48 bits per heavy atom. The van der Waals surface area contributed by atoms with Crippen LogP contribution in [0.25, 0.3) is 0 Å². The number of benzene rings is 3. The van der Waals surface area contributed by atoms with Gasteiger partial charge in [-0.25, -0.2) is 8.42 Å². The Balaban J connectivity index is 1.87. The summed E-state index contributed by atoms with van der Waals surface area (Å²) in [6, 6.07) is 21.6. The molecule has 0 aliphatic heterocycles. The lowest BCUT2D eigenvalue weighted by atomic mass is 10.0. The summed E-state index contributed by atoms with van der Waals surface area (Å²) in [5.74, 6) is -0.698. The van der Waals surface area contributed by atoms with E-state index in [0.29, 0.717) is 0 Å². The Bertz CT molecular complexity index is 1430. The summed E-state index contributed by atoms with van der Waals surface area (Å²) in [6.45, 7) is 3.58. The predicted molar refractivity (Wildman–Crippen MR) is 157 cm³/mol.